The van der Waals surface area contributed by atoms with E-state index in [1.807, 2.05) is 17.5 Å². The number of nitrogen functional groups attached to an aromatic ring is 1. The van der Waals surface area contributed by atoms with Gasteiger partial charge in [-0.15, -0.1) is 11.3 Å². The van der Waals surface area contributed by atoms with Gasteiger partial charge in [-0.05, 0) is 35.7 Å². The molecule has 6 nitrogen and oxygen atoms in total. The van der Waals surface area contributed by atoms with Gasteiger partial charge in [0.15, 0.2) is 0 Å². The molecular formula is C16H12ClFN4O2S. The van der Waals surface area contributed by atoms with E-state index in [4.69, 9.17) is 17.3 Å². The highest BCUT2D eigenvalue weighted by Crippen LogP contribution is 2.23. The number of hydrogen-bond acceptors (Lipinski definition) is 5. The summed E-state index contributed by atoms with van der Waals surface area (Å²) in [7, 11) is 0. The first-order valence-corrected chi connectivity index (χ1v) is 8.36. The molecule has 2 heterocycles. The van der Waals surface area contributed by atoms with Gasteiger partial charge in [-0.3, -0.25) is 9.59 Å². The first kappa shape index (κ1) is 17.1. The number of carbonyl (C=O) groups is 1. The van der Waals surface area contributed by atoms with E-state index in [1.165, 1.54) is 29.5 Å². The lowest BCUT2D eigenvalue weighted by Crippen LogP contribution is -2.31. The van der Waals surface area contributed by atoms with Gasteiger partial charge in [0.05, 0.1) is 9.90 Å². The molecule has 0 bridgehead atoms. The fraction of sp³-hybridized carbons (Fsp3) is 0.0625. The second kappa shape index (κ2) is 7.04. The number of benzene rings is 1. The Balaban J connectivity index is 1.83. The van der Waals surface area contributed by atoms with Gasteiger partial charge in [0.2, 0.25) is 5.91 Å². The van der Waals surface area contributed by atoms with Gasteiger partial charge in [-0.25, -0.2) is 9.07 Å². The van der Waals surface area contributed by atoms with Crippen LogP contribution in [0, 0.1) is 5.82 Å². The van der Waals surface area contributed by atoms with E-state index in [-0.39, 0.29) is 17.3 Å². The number of nitrogens with two attached hydrogens (primary N) is 1. The summed E-state index contributed by atoms with van der Waals surface area (Å²) < 4.78 is 14.1. The molecular weight excluding hydrogens is 367 g/mol. The molecule has 3 rings (SSSR count). The normalized spacial score (nSPS) is 10.6. The molecule has 0 radical (unpaired) electrons. The Kier molecular flexibility index (Phi) is 4.82. The number of carbonyl (C=O) groups excluding carboxylic acids is 1. The average Bonchev–Trinajstić information content (AvgIpc) is 3.09. The summed E-state index contributed by atoms with van der Waals surface area (Å²) in [5, 5.41) is 8.46. The highest BCUT2D eigenvalue weighted by atomic mass is 35.5. The summed E-state index contributed by atoms with van der Waals surface area (Å²) >= 11 is 7.11. The van der Waals surface area contributed by atoms with Gasteiger partial charge in [0.1, 0.15) is 23.7 Å². The number of thiophene rings is 1. The smallest absolute Gasteiger partial charge is 0.290 e. The lowest BCUT2D eigenvalue weighted by molar-refractivity contribution is -0.117. The number of anilines is 2. The van der Waals surface area contributed by atoms with Gasteiger partial charge in [0, 0.05) is 5.69 Å². The van der Waals surface area contributed by atoms with Crippen molar-refractivity contribution in [1.29, 1.82) is 0 Å². The van der Waals surface area contributed by atoms with Crippen LogP contribution in [0.25, 0.3) is 10.6 Å². The molecule has 3 N–H and O–H groups in total. The maximum absolute atomic E-state index is 13.1. The van der Waals surface area contributed by atoms with Crippen molar-refractivity contribution in [2.45, 2.75) is 6.54 Å². The molecule has 0 saturated carbocycles. The minimum atomic E-state index is -0.589. The van der Waals surface area contributed by atoms with E-state index in [9.17, 15) is 14.0 Å². The molecule has 0 atom stereocenters. The molecule has 9 heteroatoms. The van der Waals surface area contributed by atoms with Crippen molar-refractivity contribution in [3.63, 3.8) is 0 Å². The summed E-state index contributed by atoms with van der Waals surface area (Å²) in [6, 6.07) is 8.94. The third-order valence-corrected chi connectivity index (χ3v) is 4.45. The zero-order valence-electron chi connectivity index (χ0n) is 12.7. The summed E-state index contributed by atoms with van der Waals surface area (Å²) in [4.78, 5) is 25.1. The molecule has 0 aliphatic rings. The van der Waals surface area contributed by atoms with Gasteiger partial charge in [-0.2, -0.15) is 5.10 Å². The SMILES string of the molecule is Nc1cc(-c2cccs2)nn(CC(=O)Nc2ccc(F)c(Cl)c2)c1=O. The number of nitrogens with one attached hydrogen (secondary N) is 1. The standard InChI is InChI=1S/C16H12ClFN4O2S/c17-10-6-9(3-4-11(10)18)20-15(23)8-22-16(24)12(19)7-13(21-22)14-2-1-5-25-14/h1-7H,8,19H2,(H,20,23). The number of rotatable bonds is 4. The fourth-order valence-corrected chi connectivity index (χ4v) is 2.99. The Morgan fingerprint density at radius 2 is 2.16 bits per heavy atom. The zero-order chi connectivity index (χ0) is 18.0. The third-order valence-electron chi connectivity index (χ3n) is 3.27. The fourth-order valence-electron chi connectivity index (χ4n) is 2.12. The van der Waals surface area contributed by atoms with Gasteiger partial charge >= 0.3 is 0 Å². The third kappa shape index (κ3) is 3.86. The Morgan fingerprint density at radius 3 is 2.84 bits per heavy atom. The van der Waals surface area contributed by atoms with Crippen molar-refractivity contribution in [2.75, 3.05) is 11.1 Å². The van der Waals surface area contributed by atoms with Crippen LogP contribution in [0.15, 0.2) is 46.6 Å². The van der Waals surface area contributed by atoms with E-state index < -0.39 is 17.3 Å². The number of amides is 1. The second-order valence-electron chi connectivity index (χ2n) is 5.10. The number of hydrogen-bond donors (Lipinski definition) is 2. The molecule has 0 aliphatic heterocycles. The van der Waals surface area contributed by atoms with Crippen LogP contribution in [0.1, 0.15) is 0 Å². The molecule has 0 spiro atoms. The first-order valence-electron chi connectivity index (χ1n) is 7.10. The van der Waals surface area contributed by atoms with Crippen molar-refractivity contribution in [1.82, 2.24) is 9.78 Å². The number of aromatic nitrogens is 2. The summed E-state index contributed by atoms with van der Waals surface area (Å²) in [6.07, 6.45) is 0. The summed E-state index contributed by atoms with van der Waals surface area (Å²) in [5.74, 6) is -1.10. The maximum atomic E-state index is 13.1. The van der Waals surface area contributed by atoms with Crippen molar-refractivity contribution >= 4 is 40.2 Å². The van der Waals surface area contributed by atoms with Crippen LogP contribution >= 0.6 is 22.9 Å². The molecule has 0 saturated heterocycles. The van der Waals surface area contributed by atoms with E-state index in [0.717, 1.165) is 15.6 Å². The molecule has 3 aromatic rings. The van der Waals surface area contributed by atoms with Crippen LogP contribution < -0.4 is 16.6 Å². The van der Waals surface area contributed by atoms with Crippen LogP contribution in [-0.4, -0.2) is 15.7 Å². The minimum absolute atomic E-state index is 0.00368. The zero-order valence-corrected chi connectivity index (χ0v) is 14.3. The predicted octanol–water partition coefficient (Wildman–Crippen LogP) is 2.99. The van der Waals surface area contributed by atoms with Gasteiger partial charge < -0.3 is 11.1 Å². The lowest BCUT2D eigenvalue weighted by Gasteiger charge is -2.09. The second-order valence-corrected chi connectivity index (χ2v) is 6.46. The van der Waals surface area contributed by atoms with Crippen LogP contribution in [0.5, 0.6) is 0 Å². The van der Waals surface area contributed by atoms with Crippen molar-refractivity contribution < 1.29 is 9.18 Å². The molecule has 128 valence electrons. The molecule has 2 aromatic heterocycles. The van der Waals surface area contributed by atoms with Crippen molar-refractivity contribution in [3.8, 4) is 10.6 Å². The quantitative estimate of drug-likeness (QED) is 0.730. The summed E-state index contributed by atoms with van der Waals surface area (Å²) in [6.45, 7) is -0.336. The van der Waals surface area contributed by atoms with Gasteiger partial charge in [0.25, 0.3) is 5.56 Å². The van der Waals surface area contributed by atoms with E-state index in [1.54, 1.807) is 0 Å². The van der Waals surface area contributed by atoms with E-state index in [2.05, 4.69) is 10.4 Å². The van der Waals surface area contributed by atoms with Crippen LogP contribution in [-0.2, 0) is 11.3 Å². The Hall–Kier alpha value is -2.71. The van der Waals surface area contributed by atoms with Crippen molar-refractivity contribution in [3.05, 3.63) is 63.0 Å². The predicted molar refractivity (Wildman–Crippen MR) is 96.3 cm³/mol. The highest BCUT2D eigenvalue weighted by Gasteiger charge is 2.12. The Labute approximate surface area is 150 Å². The van der Waals surface area contributed by atoms with Crippen LogP contribution in [0.4, 0.5) is 15.8 Å². The number of halogens is 2. The molecule has 0 unspecified atom stereocenters. The topological polar surface area (TPSA) is 90.0 Å². The molecule has 25 heavy (non-hydrogen) atoms. The van der Waals surface area contributed by atoms with E-state index >= 15 is 0 Å². The first-order chi connectivity index (χ1) is 11.9. The molecule has 1 amide bonds. The summed E-state index contributed by atoms with van der Waals surface area (Å²) in [5.41, 5.74) is 5.98. The van der Waals surface area contributed by atoms with Crippen LogP contribution in [0.2, 0.25) is 5.02 Å². The van der Waals surface area contributed by atoms with Gasteiger partial charge in [-0.1, -0.05) is 17.7 Å². The molecule has 0 fully saturated rings. The Morgan fingerprint density at radius 1 is 1.36 bits per heavy atom. The molecule has 0 aliphatic carbocycles. The average molecular weight is 379 g/mol. The maximum Gasteiger partial charge on any atom is 0.290 e. The monoisotopic (exact) mass is 378 g/mol. The van der Waals surface area contributed by atoms with E-state index in [0.29, 0.717) is 11.4 Å². The number of nitrogens with zero attached hydrogens (tertiary/aromatic N) is 2. The largest absolute Gasteiger partial charge is 0.394 e. The minimum Gasteiger partial charge on any atom is -0.394 e. The lowest BCUT2D eigenvalue weighted by atomic mass is 10.3. The van der Waals surface area contributed by atoms with Crippen LogP contribution in [0.3, 0.4) is 0 Å². The van der Waals surface area contributed by atoms with Crippen molar-refractivity contribution in [2.24, 2.45) is 0 Å². The molecule has 1 aromatic carbocycles. The highest BCUT2D eigenvalue weighted by molar-refractivity contribution is 7.13. The Bertz CT molecular complexity index is 988.